The number of ketones is 1. The maximum atomic E-state index is 13.6. The van der Waals surface area contributed by atoms with Crippen LogP contribution in [0.4, 0.5) is 4.39 Å². The van der Waals surface area contributed by atoms with Gasteiger partial charge >= 0.3 is 5.69 Å². The zero-order valence-electron chi connectivity index (χ0n) is 20.2. The van der Waals surface area contributed by atoms with E-state index in [1.165, 1.54) is 12.1 Å². The maximum Gasteiger partial charge on any atom is 0.333 e. The molecule has 0 radical (unpaired) electrons. The molecule has 2 heterocycles. The second-order valence-electron chi connectivity index (χ2n) is 9.53. The molecule has 0 spiro atoms. The molecule has 180 valence electrons. The van der Waals surface area contributed by atoms with E-state index in [4.69, 9.17) is 0 Å². The lowest BCUT2D eigenvalue weighted by Crippen LogP contribution is -2.39. The van der Waals surface area contributed by atoms with Gasteiger partial charge in [0.05, 0.1) is 16.7 Å². The Kier molecular flexibility index (Phi) is 6.39. The maximum absolute atomic E-state index is 13.6. The minimum Gasteiger partial charge on any atom is -0.302 e. The SMILES string of the molecule is Cc1ccc(-n2c(=O)n(CCN3CCC(C(=O)c4ccc(F)cc4)CC3)c3cccc(C)c32)cc1. The highest BCUT2D eigenvalue weighted by Gasteiger charge is 2.26. The molecule has 0 atom stereocenters. The first kappa shape index (κ1) is 23.2. The summed E-state index contributed by atoms with van der Waals surface area (Å²) in [7, 11) is 0. The van der Waals surface area contributed by atoms with E-state index in [9.17, 15) is 14.0 Å². The summed E-state index contributed by atoms with van der Waals surface area (Å²) >= 11 is 0. The van der Waals surface area contributed by atoms with Gasteiger partial charge in [0.15, 0.2) is 5.78 Å². The summed E-state index contributed by atoms with van der Waals surface area (Å²) in [6.45, 7) is 7.04. The molecule has 4 aromatic rings. The number of carbonyl (C=O) groups is 1. The van der Waals surface area contributed by atoms with Crippen LogP contribution in [0.1, 0.15) is 34.3 Å². The number of rotatable bonds is 6. The summed E-state index contributed by atoms with van der Waals surface area (Å²) in [5.74, 6) is -0.270. The van der Waals surface area contributed by atoms with E-state index in [1.54, 1.807) is 12.1 Å². The zero-order chi connectivity index (χ0) is 24.5. The number of para-hydroxylation sites is 1. The van der Waals surface area contributed by atoms with Crippen molar-refractivity contribution in [1.29, 1.82) is 0 Å². The molecular weight excluding hydrogens is 441 g/mol. The average molecular weight is 472 g/mol. The quantitative estimate of drug-likeness (QED) is 0.366. The molecule has 35 heavy (non-hydrogen) atoms. The molecule has 0 amide bonds. The van der Waals surface area contributed by atoms with Crippen molar-refractivity contribution < 1.29 is 9.18 Å². The van der Waals surface area contributed by atoms with Crippen LogP contribution < -0.4 is 5.69 Å². The first-order valence-electron chi connectivity index (χ1n) is 12.2. The minimum absolute atomic E-state index is 0.0282. The number of fused-ring (bicyclic) bond motifs is 1. The number of likely N-dealkylation sites (tertiary alicyclic amines) is 1. The predicted octanol–water partition coefficient (Wildman–Crippen LogP) is 5.14. The number of Topliss-reactive ketones (excluding diaryl/α,β-unsaturated/α-hetero) is 1. The largest absolute Gasteiger partial charge is 0.333 e. The predicted molar refractivity (Wildman–Crippen MR) is 137 cm³/mol. The molecule has 1 aliphatic heterocycles. The normalized spacial score (nSPS) is 15.1. The van der Waals surface area contributed by atoms with Gasteiger partial charge in [-0.3, -0.25) is 13.9 Å². The topological polar surface area (TPSA) is 47.2 Å². The molecule has 5 rings (SSSR count). The molecule has 0 bridgehead atoms. The highest BCUT2D eigenvalue weighted by molar-refractivity contribution is 5.97. The second kappa shape index (κ2) is 9.62. The van der Waals surface area contributed by atoms with E-state index in [1.807, 2.05) is 65.4 Å². The van der Waals surface area contributed by atoms with Gasteiger partial charge < -0.3 is 4.90 Å². The van der Waals surface area contributed by atoms with Gasteiger partial charge in [-0.1, -0.05) is 29.8 Å². The monoisotopic (exact) mass is 471 g/mol. The van der Waals surface area contributed by atoms with Crippen LogP contribution in [0.2, 0.25) is 0 Å². The number of piperidine rings is 1. The van der Waals surface area contributed by atoms with Crippen LogP contribution in [-0.4, -0.2) is 39.5 Å². The van der Waals surface area contributed by atoms with Crippen LogP contribution in [0, 0.1) is 25.6 Å². The Labute approximate surface area is 204 Å². The van der Waals surface area contributed by atoms with Crippen LogP contribution in [0.15, 0.2) is 71.5 Å². The van der Waals surface area contributed by atoms with Crippen molar-refractivity contribution in [3.63, 3.8) is 0 Å². The molecular formula is C29H30FN3O2. The Morgan fingerprint density at radius 3 is 2.29 bits per heavy atom. The van der Waals surface area contributed by atoms with Crippen molar-refractivity contribution in [3.8, 4) is 5.69 Å². The Morgan fingerprint density at radius 2 is 1.60 bits per heavy atom. The number of imidazole rings is 1. The lowest BCUT2D eigenvalue weighted by Gasteiger charge is -2.31. The molecule has 3 aromatic carbocycles. The third kappa shape index (κ3) is 4.58. The molecule has 0 unspecified atom stereocenters. The van der Waals surface area contributed by atoms with Gasteiger partial charge in [0.1, 0.15) is 5.82 Å². The highest BCUT2D eigenvalue weighted by atomic mass is 19.1. The Bertz CT molecular complexity index is 1410. The van der Waals surface area contributed by atoms with Crippen LogP contribution in [0.3, 0.4) is 0 Å². The van der Waals surface area contributed by atoms with Gasteiger partial charge in [0.2, 0.25) is 0 Å². The average Bonchev–Trinajstić information content (AvgIpc) is 3.16. The first-order valence-corrected chi connectivity index (χ1v) is 12.2. The fourth-order valence-corrected chi connectivity index (χ4v) is 5.13. The summed E-state index contributed by atoms with van der Waals surface area (Å²) in [6.07, 6.45) is 1.55. The third-order valence-electron chi connectivity index (χ3n) is 7.17. The molecule has 0 aliphatic carbocycles. The molecule has 1 aliphatic rings. The number of hydrogen-bond donors (Lipinski definition) is 0. The van der Waals surface area contributed by atoms with Crippen molar-refractivity contribution in [2.75, 3.05) is 19.6 Å². The van der Waals surface area contributed by atoms with E-state index in [0.29, 0.717) is 12.1 Å². The first-order chi connectivity index (χ1) is 16.9. The van der Waals surface area contributed by atoms with Gasteiger partial charge in [0, 0.05) is 24.6 Å². The van der Waals surface area contributed by atoms with Gasteiger partial charge in [-0.15, -0.1) is 0 Å². The van der Waals surface area contributed by atoms with Gasteiger partial charge in [-0.05, 0) is 87.8 Å². The van der Waals surface area contributed by atoms with Crippen molar-refractivity contribution in [2.24, 2.45) is 5.92 Å². The standard InChI is InChI=1S/C29H30FN3O2/c1-20-6-12-25(13-7-20)33-27-21(2)4-3-5-26(27)32(29(33)35)19-18-31-16-14-23(15-17-31)28(34)22-8-10-24(30)11-9-22/h3-13,23H,14-19H2,1-2H3. The van der Waals surface area contributed by atoms with Crippen LogP contribution in [-0.2, 0) is 6.54 Å². The Morgan fingerprint density at radius 1 is 0.914 bits per heavy atom. The number of aromatic nitrogens is 2. The smallest absolute Gasteiger partial charge is 0.302 e. The van der Waals surface area contributed by atoms with Crippen molar-refractivity contribution in [1.82, 2.24) is 14.0 Å². The molecule has 1 aromatic heterocycles. The number of carbonyl (C=O) groups excluding carboxylic acids is 1. The van der Waals surface area contributed by atoms with Crippen molar-refractivity contribution in [3.05, 3.63) is 99.7 Å². The van der Waals surface area contributed by atoms with Crippen LogP contribution >= 0.6 is 0 Å². The second-order valence-corrected chi connectivity index (χ2v) is 9.53. The Hall–Kier alpha value is -3.51. The summed E-state index contributed by atoms with van der Waals surface area (Å²) in [6, 6.07) is 19.9. The summed E-state index contributed by atoms with van der Waals surface area (Å²) < 4.78 is 16.9. The van der Waals surface area contributed by atoms with Crippen molar-refractivity contribution in [2.45, 2.75) is 33.2 Å². The van der Waals surface area contributed by atoms with Gasteiger partial charge in [0.25, 0.3) is 0 Å². The summed E-state index contributed by atoms with van der Waals surface area (Å²) in [5, 5.41) is 0. The van der Waals surface area contributed by atoms with Crippen molar-refractivity contribution >= 4 is 16.8 Å². The number of aryl methyl sites for hydroxylation is 2. The summed E-state index contributed by atoms with van der Waals surface area (Å²) in [5.41, 5.74) is 5.54. The number of halogens is 1. The van der Waals surface area contributed by atoms with E-state index >= 15 is 0 Å². The molecule has 1 fully saturated rings. The lowest BCUT2D eigenvalue weighted by atomic mass is 9.89. The van der Waals surface area contributed by atoms with E-state index in [0.717, 1.165) is 60.3 Å². The molecule has 0 saturated carbocycles. The third-order valence-corrected chi connectivity index (χ3v) is 7.17. The van der Waals surface area contributed by atoms with E-state index in [2.05, 4.69) is 4.90 Å². The highest BCUT2D eigenvalue weighted by Crippen LogP contribution is 2.24. The van der Waals surface area contributed by atoms with Gasteiger partial charge in [-0.2, -0.15) is 0 Å². The van der Waals surface area contributed by atoms with Crippen LogP contribution in [0.25, 0.3) is 16.7 Å². The number of nitrogens with zero attached hydrogens (tertiary/aromatic N) is 3. The fourth-order valence-electron chi connectivity index (χ4n) is 5.13. The summed E-state index contributed by atoms with van der Waals surface area (Å²) in [4.78, 5) is 28.7. The molecule has 5 nitrogen and oxygen atoms in total. The van der Waals surface area contributed by atoms with Crippen LogP contribution in [0.5, 0.6) is 0 Å². The number of benzene rings is 3. The van der Waals surface area contributed by atoms with Gasteiger partial charge in [-0.25, -0.2) is 9.18 Å². The minimum atomic E-state index is -0.328. The molecule has 1 saturated heterocycles. The number of hydrogen-bond acceptors (Lipinski definition) is 3. The molecule has 6 heteroatoms. The van der Waals surface area contributed by atoms with E-state index in [-0.39, 0.29) is 23.2 Å². The lowest BCUT2D eigenvalue weighted by molar-refractivity contribution is 0.0837. The zero-order valence-corrected chi connectivity index (χ0v) is 20.2. The fraction of sp³-hybridized carbons (Fsp3) is 0.310. The Balaban J connectivity index is 1.31. The van der Waals surface area contributed by atoms with E-state index < -0.39 is 0 Å². The molecule has 0 N–H and O–H groups in total.